The maximum Gasteiger partial charge on any atom is 0.258 e. The van der Waals surface area contributed by atoms with Crippen molar-refractivity contribution in [2.45, 2.75) is 63.2 Å². The number of ether oxygens (including phenoxy) is 1. The van der Waals surface area contributed by atoms with Crippen LogP contribution in [-0.2, 0) is 16.1 Å². The van der Waals surface area contributed by atoms with Crippen molar-refractivity contribution in [2.24, 2.45) is 5.92 Å². The van der Waals surface area contributed by atoms with E-state index in [4.69, 9.17) is 27.9 Å². The number of halogens is 2. The molecule has 37 heavy (non-hydrogen) atoms. The molecular formula is C28H34Cl2N4O3. The van der Waals surface area contributed by atoms with Gasteiger partial charge in [-0.25, -0.2) is 0 Å². The van der Waals surface area contributed by atoms with Gasteiger partial charge in [0.2, 0.25) is 5.91 Å². The third kappa shape index (κ3) is 6.77. The van der Waals surface area contributed by atoms with Crippen LogP contribution in [0.5, 0.6) is 5.75 Å². The minimum Gasteiger partial charge on any atom is -0.482 e. The number of hydrogen-bond acceptors (Lipinski definition) is 5. The van der Waals surface area contributed by atoms with E-state index in [0.29, 0.717) is 35.1 Å². The molecular weight excluding hydrogens is 511 g/mol. The van der Waals surface area contributed by atoms with E-state index >= 15 is 0 Å². The van der Waals surface area contributed by atoms with Crippen LogP contribution in [0.4, 0.5) is 5.69 Å². The molecule has 3 saturated heterocycles. The molecule has 3 aliphatic rings. The fraction of sp³-hybridized carbons (Fsp3) is 0.500. The second-order valence-electron chi connectivity index (χ2n) is 10.4. The van der Waals surface area contributed by atoms with Gasteiger partial charge in [0.15, 0.2) is 6.61 Å². The Hall–Kier alpha value is -2.32. The van der Waals surface area contributed by atoms with Gasteiger partial charge < -0.3 is 20.7 Å². The van der Waals surface area contributed by atoms with E-state index in [1.165, 1.54) is 5.56 Å². The van der Waals surface area contributed by atoms with Crippen LogP contribution in [0.15, 0.2) is 42.5 Å². The van der Waals surface area contributed by atoms with Crippen LogP contribution in [0.3, 0.4) is 0 Å². The average molecular weight is 546 g/mol. The molecule has 2 aromatic carbocycles. The Morgan fingerprint density at radius 2 is 1.73 bits per heavy atom. The van der Waals surface area contributed by atoms with Gasteiger partial charge in [0.1, 0.15) is 5.75 Å². The molecule has 2 amide bonds. The van der Waals surface area contributed by atoms with Crippen molar-refractivity contribution in [3.8, 4) is 5.75 Å². The first-order chi connectivity index (χ1) is 17.9. The Bertz CT molecular complexity index is 1090. The molecule has 2 aromatic rings. The highest BCUT2D eigenvalue weighted by molar-refractivity contribution is 6.31. The van der Waals surface area contributed by atoms with Crippen LogP contribution in [0.1, 0.15) is 44.1 Å². The number of fused-ring (bicyclic) bond motifs is 2. The Morgan fingerprint density at radius 1 is 1.00 bits per heavy atom. The Morgan fingerprint density at radius 3 is 2.43 bits per heavy atom. The minimum atomic E-state index is -0.153. The van der Waals surface area contributed by atoms with Crippen LogP contribution in [0.2, 0.25) is 10.0 Å². The van der Waals surface area contributed by atoms with Gasteiger partial charge in [0.25, 0.3) is 5.91 Å². The van der Waals surface area contributed by atoms with Gasteiger partial charge >= 0.3 is 0 Å². The van der Waals surface area contributed by atoms with E-state index in [1.54, 1.807) is 18.2 Å². The van der Waals surface area contributed by atoms with E-state index in [1.807, 2.05) is 12.1 Å². The van der Waals surface area contributed by atoms with Gasteiger partial charge in [0.05, 0.1) is 11.6 Å². The summed E-state index contributed by atoms with van der Waals surface area (Å²) in [5, 5.41) is 10.6. The molecule has 198 valence electrons. The molecule has 3 N–H and O–H groups in total. The fourth-order valence-corrected chi connectivity index (χ4v) is 6.20. The molecule has 3 heterocycles. The second-order valence-corrected chi connectivity index (χ2v) is 11.3. The number of rotatable bonds is 8. The van der Waals surface area contributed by atoms with Crippen LogP contribution in [0, 0.1) is 5.92 Å². The number of hydrogen-bond donors (Lipinski definition) is 3. The van der Waals surface area contributed by atoms with E-state index in [2.05, 4.69) is 33.0 Å². The Kier molecular flexibility index (Phi) is 8.55. The molecule has 0 aromatic heterocycles. The first-order valence-electron chi connectivity index (χ1n) is 13.2. The topological polar surface area (TPSA) is 82.7 Å². The first-order valence-corrected chi connectivity index (χ1v) is 13.9. The maximum absolute atomic E-state index is 12.8. The third-order valence-electron chi connectivity index (χ3n) is 7.75. The highest BCUT2D eigenvalue weighted by Crippen LogP contribution is 2.37. The molecule has 3 aliphatic heterocycles. The van der Waals surface area contributed by atoms with Crippen molar-refractivity contribution in [1.29, 1.82) is 0 Å². The molecule has 1 unspecified atom stereocenters. The van der Waals surface area contributed by atoms with Crippen LogP contribution >= 0.6 is 23.2 Å². The number of nitrogens with one attached hydrogen (secondary N) is 3. The summed E-state index contributed by atoms with van der Waals surface area (Å²) in [5.41, 5.74) is 1.76. The molecule has 9 heteroatoms. The fourth-order valence-electron chi connectivity index (χ4n) is 5.90. The highest BCUT2D eigenvalue weighted by atomic mass is 35.5. The summed E-state index contributed by atoms with van der Waals surface area (Å²) in [6.45, 7) is 2.40. The van der Waals surface area contributed by atoms with E-state index in [9.17, 15) is 9.59 Å². The predicted molar refractivity (Wildman–Crippen MR) is 146 cm³/mol. The number of anilines is 1. The number of nitrogens with zero attached hydrogens (tertiary/aromatic N) is 1. The van der Waals surface area contributed by atoms with Gasteiger partial charge in [-0.3, -0.25) is 14.5 Å². The SMILES string of the molecule is O=C(COc1ccc(Cl)cc1NC(=O)C1CCCNC1)N[C@H]1C[C@H]2CC[C@@H](C1)N2Cc1ccc(Cl)cc1. The Labute approximate surface area is 228 Å². The summed E-state index contributed by atoms with van der Waals surface area (Å²) in [6.07, 6.45) is 6.01. The first kappa shape index (κ1) is 26.3. The zero-order valence-electron chi connectivity index (χ0n) is 20.8. The molecule has 7 nitrogen and oxygen atoms in total. The van der Waals surface area contributed by atoms with E-state index < -0.39 is 0 Å². The number of piperidine rings is 2. The molecule has 0 spiro atoms. The Balaban J connectivity index is 1.12. The lowest BCUT2D eigenvalue weighted by Crippen LogP contribution is -2.50. The monoisotopic (exact) mass is 544 g/mol. The lowest BCUT2D eigenvalue weighted by molar-refractivity contribution is -0.124. The van der Waals surface area contributed by atoms with E-state index in [0.717, 1.165) is 56.6 Å². The molecule has 0 radical (unpaired) electrons. The third-order valence-corrected chi connectivity index (χ3v) is 8.24. The molecule has 5 rings (SSSR count). The van der Waals surface area contributed by atoms with Gasteiger partial charge in [0, 0.05) is 41.3 Å². The number of benzene rings is 2. The lowest BCUT2D eigenvalue weighted by atomic mass is 9.96. The summed E-state index contributed by atoms with van der Waals surface area (Å²) in [7, 11) is 0. The standard InChI is InChI=1S/C28H34Cl2N4O3/c29-20-5-3-18(4-6-20)16-34-23-8-9-24(34)14-22(13-23)32-27(35)17-37-26-10-7-21(30)12-25(26)33-28(36)19-2-1-11-31-15-19/h3-7,10,12,19,22-24,31H,1-2,8-9,11,13-17H2,(H,32,35)(H,33,36)/t19?,22-,23+,24-. The van der Waals surface area contributed by atoms with Crippen molar-refractivity contribution >= 4 is 40.7 Å². The van der Waals surface area contributed by atoms with Crippen LogP contribution < -0.4 is 20.7 Å². The minimum absolute atomic E-state index is 0.0652. The number of amides is 2. The maximum atomic E-state index is 12.8. The van der Waals surface area contributed by atoms with Crippen molar-refractivity contribution in [3.05, 3.63) is 58.1 Å². The largest absolute Gasteiger partial charge is 0.482 e. The van der Waals surface area contributed by atoms with Gasteiger partial charge in [-0.2, -0.15) is 0 Å². The zero-order chi connectivity index (χ0) is 25.8. The van der Waals surface area contributed by atoms with Crippen molar-refractivity contribution in [3.63, 3.8) is 0 Å². The normalized spacial score (nSPS) is 25.5. The second kappa shape index (κ2) is 12.0. The molecule has 4 atom stereocenters. The smallest absolute Gasteiger partial charge is 0.258 e. The lowest BCUT2D eigenvalue weighted by Gasteiger charge is -2.39. The number of carbonyl (C=O) groups excluding carboxylic acids is 2. The molecule has 0 saturated carbocycles. The zero-order valence-corrected chi connectivity index (χ0v) is 22.4. The van der Waals surface area contributed by atoms with Crippen molar-refractivity contribution in [1.82, 2.24) is 15.5 Å². The summed E-state index contributed by atoms with van der Waals surface area (Å²) in [4.78, 5) is 28.1. The van der Waals surface area contributed by atoms with Crippen molar-refractivity contribution in [2.75, 3.05) is 25.0 Å². The molecule has 3 fully saturated rings. The summed E-state index contributed by atoms with van der Waals surface area (Å²) < 4.78 is 5.84. The average Bonchev–Trinajstić information content (AvgIpc) is 3.12. The van der Waals surface area contributed by atoms with Crippen LogP contribution in [0.25, 0.3) is 0 Å². The van der Waals surface area contributed by atoms with Gasteiger partial charge in [-0.15, -0.1) is 0 Å². The highest BCUT2D eigenvalue weighted by Gasteiger charge is 2.40. The molecule has 0 aliphatic carbocycles. The van der Waals surface area contributed by atoms with Crippen LogP contribution in [-0.4, -0.2) is 54.5 Å². The van der Waals surface area contributed by atoms with Crippen molar-refractivity contribution < 1.29 is 14.3 Å². The van der Waals surface area contributed by atoms with E-state index in [-0.39, 0.29) is 30.4 Å². The summed E-state index contributed by atoms with van der Waals surface area (Å²) in [6, 6.07) is 14.2. The summed E-state index contributed by atoms with van der Waals surface area (Å²) in [5.74, 6) is 0.128. The quantitative estimate of drug-likeness (QED) is 0.451. The molecule has 2 bridgehead atoms. The summed E-state index contributed by atoms with van der Waals surface area (Å²) >= 11 is 12.2. The number of carbonyl (C=O) groups is 2. The van der Waals surface area contributed by atoms with Gasteiger partial charge in [-0.05, 0) is 81.0 Å². The van der Waals surface area contributed by atoms with Gasteiger partial charge in [-0.1, -0.05) is 35.3 Å². The predicted octanol–water partition coefficient (Wildman–Crippen LogP) is 4.62.